The Bertz CT molecular complexity index is 797. The van der Waals surface area contributed by atoms with Gasteiger partial charge in [0.05, 0.1) is 11.9 Å². The molecule has 0 N–H and O–H groups in total. The fraction of sp³-hybridized carbons (Fsp3) is 0.0556. The zero-order valence-corrected chi connectivity index (χ0v) is 11.6. The molecule has 0 aliphatic heterocycles. The van der Waals surface area contributed by atoms with Crippen molar-refractivity contribution in [2.75, 3.05) is 0 Å². The maximum absolute atomic E-state index is 4.21. The number of rotatable bonds is 1. The number of hydrogen-bond acceptors (Lipinski definition) is 3. The second-order valence-corrected chi connectivity index (χ2v) is 4.61. The van der Waals surface area contributed by atoms with Crippen LogP contribution in [0.5, 0.6) is 0 Å². The van der Waals surface area contributed by atoms with Crippen molar-refractivity contribution in [1.29, 1.82) is 0 Å². The van der Waals surface area contributed by atoms with E-state index in [1.165, 1.54) is 11.1 Å². The molecule has 0 aliphatic carbocycles. The lowest BCUT2D eigenvalue weighted by molar-refractivity contribution is 0.918. The van der Waals surface area contributed by atoms with Crippen molar-refractivity contribution in [1.82, 2.24) is 15.2 Å². The molecule has 1 heterocycles. The molecule has 100 valence electrons. The molecule has 0 fully saturated rings. The van der Waals surface area contributed by atoms with E-state index in [0.717, 1.165) is 11.3 Å². The van der Waals surface area contributed by atoms with E-state index in [0.29, 0.717) is 5.82 Å². The van der Waals surface area contributed by atoms with Gasteiger partial charge in [0.25, 0.3) is 0 Å². The molecule has 21 heavy (non-hydrogen) atoms. The summed E-state index contributed by atoms with van der Waals surface area (Å²) in [4.78, 5) is 4.21. The van der Waals surface area contributed by atoms with E-state index >= 15 is 0 Å². The van der Waals surface area contributed by atoms with Crippen molar-refractivity contribution in [2.24, 2.45) is 0 Å². The molecule has 0 saturated heterocycles. The Balaban J connectivity index is 1.83. The van der Waals surface area contributed by atoms with Crippen LogP contribution in [0.3, 0.4) is 0 Å². The first-order valence-electron chi connectivity index (χ1n) is 6.65. The van der Waals surface area contributed by atoms with E-state index in [2.05, 4.69) is 51.3 Å². The van der Waals surface area contributed by atoms with Gasteiger partial charge in [-0.05, 0) is 36.1 Å². The summed E-state index contributed by atoms with van der Waals surface area (Å²) in [6.07, 6.45) is 1.61. The third-order valence-corrected chi connectivity index (χ3v) is 2.99. The molecule has 1 aromatic heterocycles. The zero-order valence-electron chi connectivity index (χ0n) is 11.6. The van der Waals surface area contributed by atoms with Crippen LogP contribution in [0.4, 0.5) is 0 Å². The molecular weight excluding hydrogens is 258 g/mol. The first kappa shape index (κ1) is 13.0. The molecule has 3 aromatic rings. The third-order valence-electron chi connectivity index (χ3n) is 2.99. The Morgan fingerprint density at radius 1 is 0.810 bits per heavy atom. The molecule has 0 amide bonds. The summed E-state index contributed by atoms with van der Waals surface area (Å²) >= 11 is 0. The number of nitrogens with zero attached hydrogens (tertiary/aromatic N) is 3. The van der Waals surface area contributed by atoms with Gasteiger partial charge in [0.15, 0.2) is 0 Å². The standard InChI is InChI=1S/C18H13N3/c1-14-13-19-21-18(20-14)12-9-15-7-10-17(11-8-15)16-5-3-2-4-6-16/h2-8,10-11,13H,1H3. The summed E-state index contributed by atoms with van der Waals surface area (Å²) < 4.78 is 0. The Morgan fingerprint density at radius 2 is 1.52 bits per heavy atom. The molecule has 3 rings (SSSR count). The van der Waals surface area contributed by atoms with Crippen LogP contribution in [0.2, 0.25) is 0 Å². The van der Waals surface area contributed by atoms with Crippen LogP contribution in [-0.2, 0) is 0 Å². The average Bonchev–Trinajstić information content (AvgIpc) is 2.54. The topological polar surface area (TPSA) is 38.7 Å². The van der Waals surface area contributed by atoms with Crippen LogP contribution in [0.25, 0.3) is 11.1 Å². The summed E-state index contributed by atoms with van der Waals surface area (Å²) in [6.45, 7) is 1.87. The van der Waals surface area contributed by atoms with Crippen molar-refractivity contribution < 1.29 is 0 Å². The maximum atomic E-state index is 4.21. The van der Waals surface area contributed by atoms with Crippen LogP contribution < -0.4 is 0 Å². The number of hydrogen-bond donors (Lipinski definition) is 0. The molecular formula is C18H13N3. The summed E-state index contributed by atoms with van der Waals surface area (Å²) in [5.41, 5.74) is 4.12. The third kappa shape index (κ3) is 3.31. The zero-order chi connectivity index (χ0) is 14.5. The van der Waals surface area contributed by atoms with E-state index in [-0.39, 0.29) is 0 Å². The molecule has 0 unspecified atom stereocenters. The quantitative estimate of drug-likeness (QED) is 0.638. The second-order valence-electron chi connectivity index (χ2n) is 4.61. The van der Waals surface area contributed by atoms with Crippen LogP contribution in [0.1, 0.15) is 17.1 Å². The van der Waals surface area contributed by atoms with Crippen molar-refractivity contribution in [3.63, 3.8) is 0 Å². The maximum Gasteiger partial charge on any atom is 0.226 e. The smallest absolute Gasteiger partial charge is 0.223 e. The number of aromatic nitrogens is 3. The van der Waals surface area contributed by atoms with Gasteiger partial charge in [-0.3, -0.25) is 0 Å². The fourth-order valence-electron chi connectivity index (χ4n) is 1.94. The van der Waals surface area contributed by atoms with Crippen LogP contribution >= 0.6 is 0 Å². The van der Waals surface area contributed by atoms with E-state index < -0.39 is 0 Å². The van der Waals surface area contributed by atoms with E-state index in [1.807, 2.05) is 37.3 Å². The van der Waals surface area contributed by atoms with Crippen molar-refractivity contribution in [3.8, 4) is 23.0 Å². The van der Waals surface area contributed by atoms with Gasteiger partial charge >= 0.3 is 0 Å². The van der Waals surface area contributed by atoms with Gasteiger partial charge in [-0.1, -0.05) is 48.4 Å². The largest absolute Gasteiger partial charge is 0.226 e. The molecule has 3 nitrogen and oxygen atoms in total. The average molecular weight is 271 g/mol. The lowest BCUT2D eigenvalue weighted by Gasteiger charge is -2.00. The van der Waals surface area contributed by atoms with Crippen molar-refractivity contribution >= 4 is 0 Å². The van der Waals surface area contributed by atoms with Gasteiger partial charge in [0.1, 0.15) is 0 Å². The number of aryl methyl sites for hydroxylation is 1. The predicted octanol–water partition coefficient (Wildman–Crippen LogP) is 3.25. The van der Waals surface area contributed by atoms with E-state index in [9.17, 15) is 0 Å². The Kier molecular flexibility index (Phi) is 3.70. The van der Waals surface area contributed by atoms with E-state index in [4.69, 9.17) is 0 Å². The molecule has 0 bridgehead atoms. The van der Waals surface area contributed by atoms with Gasteiger partial charge in [-0.25, -0.2) is 4.98 Å². The minimum absolute atomic E-state index is 0.446. The van der Waals surface area contributed by atoms with Gasteiger partial charge in [-0.15, -0.1) is 5.10 Å². The van der Waals surface area contributed by atoms with Gasteiger partial charge in [0.2, 0.25) is 5.82 Å². The van der Waals surface area contributed by atoms with Gasteiger partial charge < -0.3 is 0 Å². The van der Waals surface area contributed by atoms with E-state index in [1.54, 1.807) is 6.20 Å². The summed E-state index contributed by atoms with van der Waals surface area (Å²) in [7, 11) is 0. The van der Waals surface area contributed by atoms with Crippen LogP contribution in [0, 0.1) is 18.8 Å². The summed E-state index contributed by atoms with van der Waals surface area (Å²) in [6, 6.07) is 18.4. The Morgan fingerprint density at radius 3 is 2.24 bits per heavy atom. The highest BCUT2D eigenvalue weighted by atomic mass is 15.1. The first-order chi connectivity index (χ1) is 10.3. The lowest BCUT2D eigenvalue weighted by atomic mass is 10.0. The second kappa shape index (κ2) is 5.98. The molecule has 0 saturated carbocycles. The monoisotopic (exact) mass is 271 g/mol. The Hall–Kier alpha value is -2.99. The molecule has 3 heteroatoms. The highest BCUT2D eigenvalue weighted by Crippen LogP contribution is 2.18. The lowest BCUT2D eigenvalue weighted by Crippen LogP contribution is -1.93. The predicted molar refractivity (Wildman–Crippen MR) is 82.4 cm³/mol. The SMILES string of the molecule is Cc1cnnc(C#Cc2ccc(-c3ccccc3)cc2)n1. The summed E-state index contributed by atoms with van der Waals surface area (Å²) in [5.74, 6) is 6.42. The molecule has 2 aromatic carbocycles. The Labute approximate surface area is 123 Å². The first-order valence-corrected chi connectivity index (χ1v) is 6.65. The van der Waals surface area contributed by atoms with Crippen LogP contribution in [-0.4, -0.2) is 15.2 Å². The number of benzene rings is 2. The fourth-order valence-corrected chi connectivity index (χ4v) is 1.94. The van der Waals surface area contributed by atoms with Crippen molar-refractivity contribution in [2.45, 2.75) is 6.92 Å². The molecule has 0 radical (unpaired) electrons. The highest BCUT2D eigenvalue weighted by Gasteiger charge is 1.96. The van der Waals surface area contributed by atoms with Crippen LogP contribution in [0.15, 0.2) is 60.8 Å². The molecule has 0 aliphatic rings. The molecule has 0 atom stereocenters. The minimum Gasteiger partial charge on any atom is -0.223 e. The van der Waals surface area contributed by atoms with Gasteiger partial charge in [-0.2, -0.15) is 5.10 Å². The van der Waals surface area contributed by atoms with Gasteiger partial charge in [0, 0.05) is 5.56 Å². The normalized spacial score (nSPS) is 9.76. The molecule has 0 spiro atoms. The highest BCUT2D eigenvalue weighted by molar-refractivity contribution is 5.64. The van der Waals surface area contributed by atoms with Crippen molar-refractivity contribution in [3.05, 3.63) is 77.9 Å². The summed E-state index contributed by atoms with van der Waals surface area (Å²) in [5, 5.41) is 7.72. The minimum atomic E-state index is 0.446.